The molecular weight excluding hydrogens is 256 g/mol. The average molecular weight is 278 g/mol. The molecule has 18 heavy (non-hydrogen) atoms. The van der Waals surface area contributed by atoms with E-state index in [0.29, 0.717) is 6.54 Å². The van der Waals surface area contributed by atoms with Crippen LogP contribution in [0, 0.1) is 5.41 Å². The van der Waals surface area contributed by atoms with Crippen LogP contribution in [-0.4, -0.2) is 44.4 Å². The average Bonchev–Trinajstić information content (AvgIpc) is 2.25. The predicted molar refractivity (Wildman–Crippen MR) is 68.8 cm³/mol. The molecule has 0 saturated carbocycles. The lowest BCUT2D eigenvalue weighted by atomic mass is 9.78. The van der Waals surface area contributed by atoms with Gasteiger partial charge >= 0.3 is 5.97 Å². The van der Waals surface area contributed by atoms with Gasteiger partial charge < -0.3 is 10.4 Å². The van der Waals surface area contributed by atoms with Crippen LogP contribution in [0.1, 0.15) is 33.1 Å². The Morgan fingerprint density at radius 1 is 1.50 bits per heavy atom. The van der Waals surface area contributed by atoms with Crippen LogP contribution in [-0.2, 0) is 14.8 Å². The van der Waals surface area contributed by atoms with Gasteiger partial charge in [-0.15, -0.1) is 0 Å². The summed E-state index contributed by atoms with van der Waals surface area (Å²) in [4.78, 5) is 10.4. The number of carboxylic acid groups (broad SMARTS) is 1. The predicted octanol–water partition coefficient (Wildman–Crippen LogP) is 0.159. The van der Waals surface area contributed by atoms with Crippen molar-refractivity contribution in [3.05, 3.63) is 0 Å². The minimum atomic E-state index is -3.50. The molecule has 0 radical (unpaired) electrons. The minimum Gasteiger partial charge on any atom is -0.481 e. The summed E-state index contributed by atoms with van der Waals surface area (Å²) >= 11 is 0. The highest BCUT2D eigenvalue weighted by Crippen LogP contribution is 2.29. The van der Waals surface area contributed by atoms with Gasteiger partial charge in [0, 0.05) is 12.6 Å². The first-order valence-electron chi connectivity index (χ1n) is 6.15. The lowest BCUT2D eigenvalue weighted by molar-refractivity contribution is -0.136. The Kier molecular flexibility index (Phi) is 5.12. The van der Waals surface area contributed by atoms with Gasteiger partial charge in [0.25, 0.3) is 0 Å². The van der Waals surface area contributed by atoms with Crippen LogP contribution in [0.2, 0.25) is 0 Å². The molecule has 0 aromatic rings. The van der Waals surface area contributed by atoms with Crippen LogP contribution < -0.4 is 10.0 Å². The Bertz CT molecular complexity index is 392. The van der Waals surface area contributed by atoms with Crippen LogP contribution in [0.25, 0.3) is 0 Å². The summed E-state index contributed by atoms with van der Waals surface area (Å²) in [5.74, 6) is -1.47. The van der Waals surface area contributed by atoms with Gasteiger partial charge in [-0.2, -0.15) is 0 Å². The molecule has 1 unspecified atom stereocenters. The van der Waals surface area contributed by atoms with Gasteiger partial charge in [-0.25, -0.2) is 13.1 Å². The van der Waals surface area contributed by atoms with Gasteiger partial charge in [0.05, 0.1) is 12.2 Å². The van der Waals surface area contributed by atoms with E-state index in [-0.39, 0.29) is 23.6 Å². The van der Waals surface area contributed by atoms with E-state index < -0.39 is 16.0 Å². The maximum atomic E-state index is 11.6. The molecule has 0 spiro atoms. The molecule has 1 fully saturated rings. The fraction of sp³-hybridized carbons (Fsp3) is 0.909. The number of rotatable bonds is 6. The van der Waals surface area contributed by atoms with Crippen molar-refractivity contribution in [1.82, 2.24) is 10.0 Å². The highest BCUT2D eigenvalue weighted by molar-refractivity contribution is 7.89. The zero-order chi connectivity index (χ0) is 13.8. The van der Waals surface area contributed by atoms with Gasteiger partial charge in [0.15, 0.2) is 0 Å². The highest BCUT2D eigenvalue weighted by Gasteiger charge is 2.32. The summed E-state index contributed by atoms with van der Waals surface area (Å²) in [6, 6.07) is 0.0888. The Hall–Kier alpha value is -0.660. The lowest BCUT2D eigenvalue weighted by Gasteiger charge is -2.39. The Morgan fingerprint density at radius 3 is 2.72 bits per heavy atom. The zero-order valence-corrected chi connectivity index (χ0v) is 11.7. The summed E-state index contributed by atoms with van der Waals surface area (Å²) in [5, 5.41) is 11.8. The largest absolute Gasteiger partial charge is 0.481 e. The fourth-order valence-corrected chi connectivity index (χ4v) is 3.13. The topological polar surface area (TPSA) is 95.5 Å². The number of sulfonamides is 1. The number of carboxylic acids is 1. The van der Waals surface area contributed by atoms with Gasteiger partial charge in [-0.05, 0) is 24.8 Å². The first-order valence-corrected chi connectivity index (χ1v) is 7.81. The third kappa shape index (κ3) is 4.91. The molecule has 6 nitrogen and oxygen atoms in total. The monoisotopic (exact) mass is 278 g/mol. The summed E-state index contributed by atoms with van der Waals surface area (Å²) in [6.45, 7) is 5.42. The van der Waals surface area contributed by atoms with Crippen molar-refractivity contribution in [2.24, 2.45) is 5.41 Å². The summed E-state index contributed by atoms with van der Waals surface area (Å²) in [5.41, 5.74) is 0.0492. The van der Waals surface area contributed by atoms with E-state index in [1.54, 1.807) is 0 Å². The first kappa shape index (κ1) is 15.4. The van der Waals surface area contributed by atoms with Gasteiger partial charge in [-0.3, -0.25) is 4.79 Å². The molecule has 0 aromatic heterocycles. The second-order valence-electron chi connectivity index (χ2n) is 5.41. The summed E-state index contributed by atoms with van der Waals surface area (Å²) in [6.07, 6.45) is 1.79. The van der Waals surface area contributed by atoms with E-state index in [0.717, 1.165) is 19.4 Å². The normalized spacial score (nSPS) is 23.8. The van der Waals surface area contributed by atoms with Gasteiger partial charge in [0.1, 0.15) is 0 Å². The maximum Gasteiger partial charge on any atom is 0.304 e. The third-order valence-corrected chi connectivity index (χ3v) is 4.77. The van der Waals surface area contributed by atoms with E-state index >= 15 is 0 Å². The van der Waals surface area contributed by atoms with Crippen LogP contribution in [0.15, 0.2) is 0 Å². The molecule has 0 bridgehead atoms. The van der Waals surface area contributed by atoms with Crippen molar-refractivity contribution in [2.45, 2.75) is 39.2 Å². The number of carbonyl (C=O) groups is 1. The molecule has 1 saturated heterocycles. The number of hydrogen-bond acceptors (Lipinski definition) is 4. The zero-order valence-electron chi connectivity index (χ0n) is 10.9. The third-order valence-electron chi connectivity index (χ3n) is 3.42. The van der Waals surface area contributed by atoms with Crippen LogP contribution in [0.5, 0.6) is 0 Å². The van der Waals surface area contributed by atoms with E-state index in [2.05, 4.69) is 23.9 Å². The number of aliphatic carboxylic acids is 1. The van der Waals surface area contributed by atoms with E-state index in [9.17, 15) is 13.2 Å². The van der Waals surface area contributed by atoms with Crippen molar-refractivity contribution < 1.29 is 18.3 Å². The molecule has 1 heterocycles. The van der Waals surface area contributed by atoms with Gasteiger partial charge in [-0.1, -0.05) is 13.8 Å². The van der Waals surface area contributed by atoms with Crippen molar-refractivity contribution in [2.75, 3.05) is 18.8 Å². The molecule has 0 aromatic carbocycles. The Labute approximate surface area is 108 Å². The molecule has 3 N–H and O–H groups in total. The lowest BCUT2D eigenvalue weighted by Crippen LogP contribution is -2.53. The molecule has 0 aliphatic carbocycles. The summed E-state index contributed by atoms with van der Waals surface area (Å²) < 4.78 is 25.7. The Morgan fingerprint density at radius 2 is 2.17 bits per heavy atom. The fourth-order valence-electron chi connectivity index (χ4n) is 2.12. The maximum absolute atomic E-state index is 11.6. The van der Waals surface area contributed by atoms with Crippen LogP contribution in [0.4, 0.5) is 0 Å². The Balaban J connectivity index is 2.46. The van der Waals surface area contributed by atoms with Crippen LogP contribution >= 0.6 is 0 Å². The molecule has 106 valence electrons. The molecule has 1 aliphatic rings. The number of piperidine rings is 1. The SMILES string of the molecule is CC1(C)CCCNC1CNS(=O)(=O)CCC(=O)O. The number of hydrogen-bond donors (Lipinski definition) is 3. The molecule has 0 amide bonds. The molecular formula is C11H22N2O4S. The number of nitrogens with one attached hydrogen (secondary N) is 2. The van der Waals surface area contributed by atoms with Crippen LogP contribution in [0.3, 0.4) is 0 Å². The van der Waals surface area contributed by atoms with E-state index in [1.807, 2.05) is 0 Å². The quantitative estimate of drug-likeness (QED) is 0.643. The highest BCUT2D eigenvalue weighted by atomic mass is 32.2. The molecule has 1 aliphatic heterocycles. The second-order valence-corrected chi connectivity index (χ2v) is 7.34. The van der Waals surface area contributed by atoms with Crippen molar-refractivity contribution in [3.8, 4) is 0 Å². The second kappa shape index (κ2) is 5.99. The molecule has 1 rings (SSSR count). The standard InChI is InChI=1S/C11H22N2O4S/c1-11(2)5-3-6-12-9(11)8-13-18(16,17)7-4-10(14)15/h9,12-13H,3-8H2,1-2H3,(H,14,15). The van der Waals surface area contributed by atoms with E-state index in [1.165, 1.54) is 0 Å². The van der Waals surface area contributed by atoms with Gasteiger partial charge in [0.2, 0.25) is 10.0 Å². The molecule has 1 atom stereocenters. The van der Waals surface area contributed by atoms with Crippen molar-refractivity contribution in [1.29, 1.82) is 0 Å². The minimum absolute atomic E-state index is 0.0492. The van der Waals surface area contributed by atoms with Crippen molar-refractivity contribution >= 4 is 16.0 Å². The van der Waals surface area contributed by atoms with Crippen molar-refractivity contribution in [3.63, 3.8) is 0 Å². The first-order chi connectivity index (χ1) is 8.23. The van der Waals surface area contributed by atoms with E-state index in [4.69, 9.17) is 5.11 Å². The smallest absolute Gasteiger partial charge is 0.304 e. The molecule has 7 heteroatoms. The summed E-state index contributed by atoms with van der Waals surface area (Å²) in [7, 11) is -3.50.